The van der Waals surface area contributed by atoms with Crippen LogP contribution in [0.4, 0.5) is 19.1 Å². The second kappa shape index (κ2) is 6.99. The van der Waals surface area contributed by atoms with E-state index < -0.39 is 12.2 Å². The molecule has 2 aromatic carbocycles. The first-order valence-electron chi connectivity index (χ1n) is 8.42. The fourth-order valence-electron chi connectivity index (χ4n) is 3.42. The summed E-state index contributed by atoms with van der Waals surface area (Å²) in [5, 5.41) is 3.97. The Morgan fingerprint density at radius 2 is 1.89 bits per heavy atom. The average molecular weight is 450 g/mol. The highest BCUT2D eigenvalue weighted by atomic mass is 35.5. The van der Waals surface area contributed by atoms with Crippen LogP contribution in [-0.2, 0) is 6.54 Å². The molecule has 0 amide bonds. The highest BCUT2D eigenvalue weighted by Crippen LogP contribution is 2.44. The number of aromatic nitrogens is 2. The summed E-state index contributed by atoms with van der Waals surface area (Å²) in [5.74, 6) is 0.470. The van der Waals surface area contributed by atoms with Crippen molar-refractivity contribution in [1.29, 1.82) is 0 Å². The molecule has 3 N–H and O–H groups in total. The van der Waals surface area contributed by atoms with Crippen LogP contribution in [0.5, 0.6) is 0 Å². The molecule has 0 spiro atoms. The zero-order valence-corrected chi connectivity index (χ0v) is 16.5. The fraction of sp³-hybridized carbons (Fsp3) is 0.278. The second-order valence-corrected chi connectivity index (χ2v) is 7.76. The zero-order chi connectivity index (χ0) is 20.2. The first-order valence-corrected chi connectivity index (χ1v) is 9.56. The van der Waals surface area contributed by atoms with Crippen LogP contribution in [0.25, 0.3) is 22.2 Å². The lowest BCUT2D eigenvalue weighted by Crippen LogP contribution is -2.29. The average Bonchev–Trinajstić information content (AvgIpc) is 3.02. The molecule has 2 heterocycles. The van der Waals surface area contributed by atoms with Crippen molar-refractivity contribution >= 4 is 51.8 Å². The minimum Gasteiger partial charge on any atom is -0.356 e. The predicted octanol–water partition coefficient (Wildman–Crippen LogP) is 6.04. The molecule has 1 aliphatic rings. The summed E-state index contributed by atoms with van der Waals surface area (Å²) in [6.07, 6.45) is -3.88. The Morgan fingerprint density at radius 1 is 1.14 bits per heavy atom. The summed E-state index contributed by atoms with van der Waals surface area (Å²) < 4.78 is 42.3. The number of anilines is 1. The lowest BCUT2D eigenvalue weighted by Gasteiger charge is -2.22. The van der Waals surface area contributed by atoms with Crippen LogP contribution in [-0.4, -0.2) is 22.3 Å². The number of alkyl halides is 3. The van der Waals surface area contributed by atoms with Gasteiger partial charge in [-0.3, -0.25) is 0 Å². The molecule has 0 fully saturated rings. The van der Waals surface area contributed by atoms with E-state index in [1.165, 1.54) is 12.1 Å². The summed E-state index contributed by atoms with van der Waals surface area (Å²) in [6, 6.07) is 3.85. The molecule has 1 aliphatic heterocycles. The Labute approximate surface area is 173 Å². The van der Waals surface area contributed by atoms with Gasteiger partial charge in [-0.05, 0) is 24.6 Å². The summed E-state index contributed by atoms with van der Waals surface area (Å²) in [7, 11) is 0. The van der Waals surface area contributed by atoms with Gasteiger partial charge in [0.05, 0.1) is 10.5 Å². The van der Waals surface area contributed by atoms with E-state index in [1.54, 1.807) is 16.7 Å². The molecule has 28 heavy (non-hydrogen) atoms. The van der Waals surface area contributed by atoms with Crippen molar-refractivity contribution in [1.82, 2.24) is 9.55 Å². The van der Waals surface area contributed by atoms with Crippen LogP contribution in [0.15, 0.2) is 24.3 Å². The maximum absolute atomic E-state index is 13.5. The second-order valence-electron chi connectivity index (χ2n) is 6.54. The van der Waals surface area contributed by atoms with Gasteiger partial charge in [0.2, 0.25) is 5.95 Å². The minimum atomic E-state index is -4.63. The molecule has 148 valence electrons. The number of aryl methyl sites for hydroxylation is 1. The summed E-state index contributed by atoms with van der Waals surface area (Å²) >= 11 is 18.8. The van der Waals surface area contributed by atoms with E-state index in [2.05, 4.69) is 10.3 Å². The van der Waals surface area contributed by atoms with E-state index in [0.29, 0.717) is 35.2 Å². The summed E-state index contributed by atoms with van der Waals surface area (Å²) in [4.78, 5) is 4.44. The van der Waals surface area contributed by atoms with Gasteiger partial charge in [-0.15, -0.1) is 0 Å². The Hall–Kier alpha value is -1.67. The van der Waals surface area contributed by atoms with Crippen molar-refractivity contribution in [2.24, 2.45) is 5.73 Å². The van der Waals surface area contributed by atoms with Gasteiger partial charge in [0.1, 0.15) is 11.6 Å². The van der Waals surface area contributed by atoms with Crippen molar-refractivity contribution in [2.75, 3.05) is 11.9 Å². The van der Waals surface area contributed by atoms with E-state index in [9.17, 15) is 13.2 Å². The van der Waals surface area contributed by atoms with Crippen LogP contribution in [0, 0.1) is 0 Å². The third-order valence-corrected chi connectivity index (χ3v) is 5.67. The number of rotatable bonds is 2. The van der Waals surface area contributed by atoms with Gasteiger partial charge in [0.25, 0.3) is 0 Å². The molecule has 1 unspecified atom stereocenters. The predicted molar refractivity (Wildman–Crippen MR) is 106 cm³/mol. The molecule has 4 nitrogen and oxygen atoms in total. The van der Waals surface area contributed by atoms with Gasteiger partial charge in [0, 0.05) is 39.8 Å². The first-order chi connectivity index (χ1) is 13.2. The molecule has 1 atom stereocenters. The van der Waals surface area contributed by atoms with Crippen molar-refractivity contribution in [3.63, 3.8) is 0 Å². The standard InChI is InChI=1S/C18H14Cl3F3N4/c19-8-2-3-9(12(20)6-8)10-7-11(16(25)18(22,23)24)15-14(13(10)21)27-17-26-4-1-5-28(15)17/h2-3,6-7,16H,1,4-5,25H2,(H,26,27). The number of hydrogen-bond acceptors (Lipinski definition) is 3. The van der Waals surface area contributed by atoms with Crippen molar-refractivity contribution < 1.29 is 13.2 Å². The smallest absolute Gasteiger partial charge is 0.356 e. The van der Waals surface area contributed by atoms with Crippen molar-refractivity contribution in [2.45, 2.75) is 25.2 Å². The van der Waals surface area contributed by atoms with Gasteiger partial charge < -0.3 is 15.6 Å². The molecule has 3 aromatic rings. The number of nitrogens with two attached hydrogens (primary N) is 1. The fourth-order valence-corrected chi connectivity index (χ4v) is 4.22. The molecular formula is C18H14Cl3F3N4. The largest absolute Gasteiger partial charge is 0.407 e. The first kappa shape index (κ1) is 19.6. The van der Waals surface area contributed by atoms with Crippen LogP contribution in [0.2, 0.25) is 15.1 Å². The van der Waals surface area contributed by atoms with Gasteiger partial charge in [-0.1, -0.05) is 40.9 Å². The maximum atomic E-state index is 13.5. The van der Waals surface area contributed by atoms with E-state index in [1.807, 2.05) is 0 Å². The van der Waals surface area contributed by atoms with Crippen molar-refractivity contribution in [3.8, 4) is 11.1 Å². The normalized spacial score (nSPS) is 15.4. The summed E-state index contributed by atoms with van der Waals surface area (Å²) in [6.45, 7) is 1.20. The van der Waals surface area contributed by atoms with Crippen LogP contribution >= 0.6 is 34.8 Å². The number of imidazole rings is 1. The lowest BCUT2D eigenvalue weighted by molar-refractivity contribution is -0.148. The monoisotopic (exact) mass is 448 g/mol. The molecule has 1 aromatic heterocycles. The maximum Gasteiger partial charge on any atom is 0.407 e. The third-order valence-electron chi connectivity index (χ3n) is 4.74. The molecule has 0 saturated carbocycles. The number of benzene rings is 2. The van der Waals surface area contributed by atoms with E-state index in [4.69, 9.17) is 40.5 Å². The number of halogens is 6. The Morgan fingerprint density at radius 3 is 2.57 bits per heavy atom. The number of nitrogens with zero attached hydrogens (tertiary/aromatic N) is 2. The molecule has 0 bridgehead atoms. The Bertz CT molecular complexity index is 1080. The highest BCUT2D eigenvalue weighted by molar-refractivity contribution is 6.40. The van der Waals surface area contributed by atoms with Gasteiger partial charge >= 0.3 is 6.18 Å². The van der Waals surface area contributed by atoms with Gasteiger partial charge in [-0.25, -0.2) is 4.98 Å². The molecule has 0 saturated heterocycles. The quantitative estimate of drug-likeness (QED) is 0.501. The zero-order valence-electron chi connectivity index (χ0n) is 14.2. The van der Waals surface area contributed by atoms with E-state index in [-0.39, 0.29) is 26.6 Å². The van der Waals surface area contributed by atoms with E-state index in [0.717, 1.165) is 6.42 Å². The molecule has 0 aliphatic carbocycles. The van der Waals surface area contributed by atoms with Crippen LogP contribution in [0.1, 0.15) is 18.0 Å². The molecule has 4 rings (SSSR count). The Balaban J connectivity index is 2.06. The molecular weight excluding hydrogens is 436 g/mol. The number of fused-ring (bicyclic) bond motifs is 3. The van der Waals surface area contributed by atoms with Gasteiger partial charge in [0.15, 0.2) is 0 Å². The topological polar surface area (TPSA) is 55.9 Å². The minimum absolute atomic E-state index is 0.102. The molecule has 0 radical (unpaired) electrons. The highest BCUT2D eigenvalue weighted by Gasteiger charge is 2.40. The van der Waals surface area contributed by atoms with Gasteiger partial charge in [-0.2, -0.15) is 13.2 Å². The summed E-state index contributed by atoms with van der Waals surface area (Å²) in [5.41, 5.74) is 6.81. The SMILES string of the molecule is NC(c1cc(-c2ccc(Cl)cc2Cl)c(Cl)c2nc3n(c12)CCCN3)C(F)(F)F. The molecule has 10 heteroatoms. The van der Waals surface area contributed by atoms with Crippen LogP contribution in [0.3, 0.4) is 0 Å². The lowest BCUT2D eigenvalue weighted by atomic mass is 9.97. The third kappa shape index (κ3) is 3.20. The van der Waals surface area contributed by atoms with Crippen molar-refractivity contribution in [3.05, 3.63) is 44.9 Å². The van der Waals surface area contributed by atoms with E-state index >= 15 is 0 Å². The van der Waals surface area contributed by atoms with Crippen LogP contribution < -0.4 is 11.1 Å². The number of hydrogen-bond donors (Lipinski definition) is 2. The number of nitrogens with one attached hydrogen (secondary N) is 1. The Kier molecular flexibility index (Phi) is 4.90.